The fourth-order valence-electron chi connectivity index (χ4n) is 2.17. The number of nitrogens with one attached hydrogen (secondary N) is 2. The molecule has 0 radical (unpaired) electrons. The molecule has 0 saturated heterocycles. The molecule has 0 aliphatic carbocycles. The first-order chi connectivity index (χ1) is 11.8. The number of aromatic hydroxyl groups is 3. The first-order valence-electron chi connectivity index (χ1n) is 7.56. The molecule has 0 atom stereocenters. The number of benzene rings is 2. The van der Waals surface area contributed by atoms with E-state index < -0.39 is 0 Å². The number of hydrazone groups is 1. The summed E-state index contributed by atoms with van der Waals surface area (Å²) < 4.78 is 0. The van der Waals surface area contributed by atoms with Gasteiger partial charge in [-0.05, 0) is 49.3 Å². The summed E-state index contributed by atoms with van der Waals surface area (Å²) in [6, 6.07) is 7.63. The quantitative estimate of drug-likeness (QED) is 0.163. The van der Waals surface area contributed by atoms with Crippen molar-refractivity contribution in [1.29, 1.82) is 0 Å². The Kier molecular flexibility index (Phi) is 5.66. The maximum atomic E-state index is 9.98. The highest BCUT2D eigenvalue weighted by Gasteiger charge is 2.10. The molecule has 132 valence electrons. The highest BCUT2D eigenvalue weighted by atomic mass is 32.1. The molecule has 0 aromatic heterocycles. The van der Waals surface area contributed by atoms with E-state index in [-0.39, 0.29) is 28.0 Å². The number of thiocarbonyl (C=S) groups is 1. The van der Waals surface area contributed by atoms with Gasteiger partial charge in [0.25, 0.3) is 0 Å². The number of rotatable bonds is 4. The lowest BCUT2D eigenvalue weighted by atomic mass is 10.0. The SMILES string of the molecule is CCc1cc(/C(C)=N/NC(=S)Nc2ccc(N)c(O)c2)c(O)cc1O. The van der Waals surface area contributed by atoms with Gasteiger partial charge in [0, 0.05) is 23.4 Å². The van der Waals surface area contributed by atoms with Gasteiger partial charge in [-0.25, -0.2) is 0 Å². The van der Waals surface area contributed by atoms with E-state index in [9.17, 15) is 15.3 Å². The lowest BCUT2D eigenvalue weighted by Crippen LogP contribution is -2.25. The van der Waals surface area contributed by atoms with Crippen LogP contribution in [0.15, 0.2) is 35.4 Å². The second-order valence-electron chi connectivity index (χ2n) is 5.39. The van der Waals surface area contributed by atoms with E-state index >= 15 is 0 Å². The zero-order valence-electron chi connectivity index (χ0n) is 13.9. The standard InChI is InChI=1S/C17H20N4O3S/c1-3-10-6-12(15(23)8-14(10)22)9(2)20-21-17(25)19-11-4-5-13(18)16(24)7-11/h4-8,22-24H,3,18H2,1-2H3,(H2,19,21,25)/b20-9+. The number of hydrogen-bond acceptors (Lipinski definition) is 6. The maximum Gasteiger partial charge on any atom is 0.191 e. The van der Waals surface area contributed by atoms with Gasteiger partial charge in [0.15, 0.2) is 5.11 Å². The molecule has 8 heteroatoms. The Labute approximate surface area is 150 Å². The van der Waals surface area contributed by atoms with Crippen molar-refractivity contribution in [2.75, 3.05) is 11.1 Å². The number of anilines is 2. The number of phenolic OH excluding ortho intramolecular Hbond substituents is 3. The summed E-state index contributed by atoms with van der Waals surface area (Å²) in [6.45, 7) is 3.61. The molecule has 2 aromatic rings. The maximum absolute atomic E-state index is 9.98. The Morgan fingerprint density at radius 3 is 2.48 bits per heavy atom. The number of nitrogen functional groups attached to an aromatic ring is 1. The number of nitrogens with two attached hydrogens (primary N) is 1. The van der Waals surface area contributed by atoms with E-state index in [0.29, 0.717) is 28.9 Å². The minimum Gasteiger partial charge on any atom is -0.508 e. The molecule has 0 aliphatic heterocycles. The van der Waals surface area contributed by atoms with Crippen molar-refractivity contribution in [3.05, 3.63) is 41.5 Å². The summed E-state index contributed by atoms with van der Waals surface area (Å²) in [5, 5.41) is 36.5. The van der Waals surface area contributed by atoms with Gasteiger partial charge in [-0.2, -0.15) is 5.10 Å². The average molecular weight is 360 g/mol. The van der Waals surface area contributed by atoms with Gasteiger partial charge >= 0.3 is 0 Å². The van der Waals surface area contributed by atoms with Crippen LogP contribution in [0.5, 0.6) is 17.2 Å². The number of aryl methyl sites for hydroxylation is 1. The topological polar surface area (TPSA) is 123 Å². The van der Waals surface area contributed by atoms with Crippen molar-refractivity contribution < 1.29 is 15.3 Å². The summed E-state index contributed by atoms with van der Waals surface area (Å²) >= 11 is 5.14. The highest BCUT2D eigenvalue weighted by molar-refractivity contribution is 7.80. The molecule has 0 bridgehead atoms. The summed E-state index contributed by atoms with van der Waals surface area (Å²) in [4.78, 5) is 0. The lowest BCUT2D eigenvalue weighted by molar-refractivity contribution is 0.445. The van der Waals surface area contributed by atoms with Crippen LogP contribution in [0.4, 0.5) is 11.4 Å². The molecule has 7 N–H and O–H groups in total. The van der Waals surface area contributed by atoms with Crippen molar-refractivity contribution >= 4 is 34.4 Å². The first kappa shape index (κ1) is 18.3. The average Bonchev–Trinajstić information content (AvgIpc) is 2.56. The molecule has 0 unspecified atom stereocenters. The second kappa shape index (κ2) is 7.71. The monoisotopic (exact) mass is 360 g/mol. The molecule has 0 amide bonds. The highest BCUT2D eigenvalue weighted by Crippen LogP contribution is 2.28. The van der Waals surface area contributed by atoms with Crippen LogP contribution in [0.2, 0.25) is 0 Å². The predicted molar refractivity (Wildman–Crippen MR) is 103 cm³/mol. The summed E-state index contributed by atoms with van der Waals surface area (Å²) in [5.74, 6) is -0.0708. The van der Waals surface area contributed by atoms with Crippen LogP contribution in [0.3, 0.4) is 0 Å². The van der Waals surface area contributed by atoms with Gasteiger partial charge in [-0.1, -0.05) is 6.92 Å². The van der Waals surface area contributed by atoms with Crippen LogP contribution in [0.25, 0.3) is 0 Å². The molecule has 25 heavy (non-hydrogen) atoms. The van der Waals surface area contributed by atoms with Crippen LogP contribution < -0.4 is 16.5 Å². The van der Waals surface area contributed by atoms with E-state index in [1.807, 2.05) is 6.92 Å². The molecule has 0 fully saturated rings. The molecule has 2 rings (SSSR count). The summed E-state index contributed by atoms with van der Waals surface area (Å²) in [7, 11) is 0. The molecule has 2 aromatic carbocycles. The number of hydrogen-bond donors (Lipinski definition) is 6. The Bertz CT molecular complexity index is 837. The third kappa shape index (κ3) is 4.51. The van der Waals surface area contributed by atoms with E-state index in [4.69, 9.17) is 18.0 Å². The second-order valence-corrected chi connectivity index (χ2v) is 5.80. The van der Waals surface area contributed by atoms with Crippen LogP contribution in [0.1, 0.15) is 25.0 Å². The molecule has 0 saturated carbocycles. The zero-order chi connectivity index (χ0) is 18.6. The molecule has 0 spiro atoms. The van der Waals surface area contributed by atoms with Crippen molar-refractivity contribution in [2.45, 2.75) is 20.3 Å². The van der Waals surface area contributed by atoms with Gasteiger partial charge in [0.1, 0.15) is 17.2 Å². The minimum absolute atomic E-state index is 0.0462. The molecule has 7 nitrogen and oxygen atoms in total. The Morgan fingerprint density at radius 1 is 1.12 bits per heavy atom. The first-order valence-corrected chi connectivity index (χ1v) is 7.97. The third-order valence-electron chi connectivity index (χ3n) is 3.58. The van der Waals surface area contributed by atoms with Crippen LogP contribution >= 0.6 is 12.2 Å². The van der Waals surface area contributed by atoms with Crippen molar-refractivity contribution in [2.24, 2.45) is 5.10 Å². The Balaban J connectivity index is 2.10. The van der Waals surface area contributed by atoms with E-state index in [1.165, 1.54) is 12.1 Å². The number of phenols is 3. The largest absolute Gasteiger partial charge is 0.508 e. The smallest absolute Gasteiger partial charge is 0.191 e. The van der Waals surface area contributed by atoms with Crippen LogP contribution in [-0.4, -0.2) is 26.1 Å². The van der Waals surface area contributed by atoms with Crippen LogP contribution in [0, 0.1) is 0 Å². The predicted octanol–water partition coefficient (Wildman–Crippen LogP) is 2.66. The van der Waals surface area contributed by atoms with Crippen molar-refractivity contribution in [3.8, 4) is 17.2 Å². The normalized spacial score (nSPS) is 11.2. The fraction of sp³-hybridized carbons (Fsp3) is 0.176. The van der Waals surface area contributed by atoms with Crippen LogP contribution in [-0.2, 0) is 6.42 Å². The lowest BCUT2D eigenvalue weighted by Gasteiger charge is -2.11. The Hall–Kier alpha value is -3.00. The van der Waals surface area contributed by atoms with Gasteiger partial charge in [-0.3, -0.25) is 5.43 Å². The molecular weight excluding hydrogens is 340 g/mol. The third-order valence-corrected chi connectivity index (χ3v) is 3.77. The Morgan fingerprint density at radius 2 is 1.84 bits per heavy atom. The van der Waals surface area contributed by atoms with Gasteiger partial charge in [0.2, 0.25) is 0 Å². The van der Waals surface area contributed by atoms with Gasteiger partial charge in [0.05, 0.1) is 11.4 Å². The van der Waals surface area contributed by atoms with Gasteiger partial charge in [-0.15, -0.1) is 0 Å². The van der Waals surface area contributed by atoms with E-state index in [1.54, 1.807) is 25.1 Å². The van der Waals surface area contributed by atoms with E-state index in [2.05, 4.69) is 15.8 Å². The van der Waals surface area contributed by atoms with Crippen molar-refractivity contribution in [3.63, 3.8) is 0 Å². The minimum atomic E-state index is -0.0694. The fourth-order valence-corrected chi connectivity index (χ4v) is 2.33. The van der Waals surface area contributed by atoms with E-state index in [0.717, 1.165) is 0 Å². The number of nitrogens with zero attached hydrogens (tertiary/aromatic N) is 1. The summed E-state index contributed by atoms with van der Waals surface area (Å²) in [5.41, 5.74) is 10.7. The molecular formula is C17H20N4O3S. The van der Waals surface area contributed by atoms with Gasteiger partial charge < -0.3 is 26.4 Å². The van der Waals surface area contributed by atoms with Crippen molar-refractivity contribution in [1.82, 2.24) is 5.43 Å². The zero-order valence-corrected chi connectivity index (χ0v) is 14.7. The molecule has 0 aliphatic rings. The summed E-state index contributed by atoms with van der Waals surface area (Å²) in [6.07, 6.45) is 0.625. The molecule has 0 heterocycles.